The Morgan fingerprint density at radius 3 is 2.42 bits per heavy atom. The summed E-state index contributed by atoms with van der Waals surface area (Å²) in [5.74, 6) is 0.990. The summed E-state index contributed by atoms with van der Waals surface area (Å²) in [5.41, 5.74) is 3.92. The number of hydrogen-bond acceptors (Lipinski definition) is 4. The molecular formula is C21H24ClN3S. The molecule has 2 aromatic carbocycles. The summed E-state index contributed by atoms with van der Waals surface area (Å²) >= 11 is 7.94. The van der Waals surface area contributed by atoms with E-state index < -0.39 is 0 Å². The highest BCUT2D eigenvalue weighted by Gasteiger charge is 2.20. The first-order valence-corrected chi connectivity index (χ1v) is 10.4. The van der Waals surface area contributed by atoms with Crippen LogP contribution in [0, 0.1) is 0 Å². The van der Waals surface area contributed by atoms with Gasteiger partial charge in [0.1, 0.15) is 0 Å². The molecule has 0 spiro atoms. The molecule has 0 amide bonds. The Kier molecular flexibility index (Phi) is 5.44. The lowest BCUT2D eigenvalue weighted by Gasteiger charge is -2.35. The summed E-state index contributed by atoms with van der Waals surface area (Å²) < 4.78 is 0. The van der Waals surface area contributed by atoms with E-state index >= 15 is 0 Å². The third-order valence-corrected chi connectivity index (χ3v) is 6.35. The standard InChI is InChI=1S/C21H24ClN3S/c1-23-10-12-24(13-11-23)21-5-3-2-4-17(21)14-20-15-25(16-26-20)19-8-6-18(22)7-9-19/h2-9,14H,10-13,15-16H2,1H3. The van der Waals surface area contributed by atoms with Gasteiger partial charge in [-0.25, -0.2) is 0 Å². The highest BCUT2D eigenvalue weighted by molar-refractivity contribution is 8.03. The van der Waals surface area contributed by atoms with Crippen LogP contribution in [-0.4, -0.2) is 50.5 Å². The molecule has 0 unspecified atom stereocenters. The molecule has 0 radical (unpaired) electrons. The summed E-state index contributed by atoms with van der Waals surface area (Å²) in [6.45, 7) is 5.42. The Labute approximate surface area is 165 Å². The summed E-state index contributed by atoms with van der Waals surface area (Å²) in [6.07, 6.45) is 2.37. The zero-order chi connectivity index (χ0) is 17.9. The minimum absolute atomic E-state index is 0.789. The molecule has 0 atom stereocenters. The highest BCUT2D eigenvalue weighted by Crippen LogP contribution is 2.34. The molecule has 2 aromatic rings. The number of rotatable bonds is 3. The fourth-order valence-corrected chi connectivity index (χ4v) is 4.61. The molecule has 3 nitrogen and oxygen atoms in total. The van der Waals surface area contributed by atoms with Crippen molar-refractivity contribution in [2.45, 2.75) is 0 Å². The minimum Gasteiger partial charge on any atom is -0.368 e. The van der Waals surface area contributed by atoms with E-state index in [9.17, 15) is 0 Å². The fraction of sp³-hybridized carbons (Fsp3) is 0.333. The van der Waals surface area contributed by atoms with Gasteiger partial charge in [0.2, 0.25) is 0 Å². The molecule has 0 N–H and O–H groups in total. The summed E-state index contributed by atoms with van der Waals surface area (Å²) in [5, 5.41) is 0.789. The van der Waals surface area contributed by atoms with Gasteiger partial charge in [-0.3, -0.25) is 0 Å². The lowest BCUT2D eigenvalue weighted by Crippen LogP contribution is -2.44. The van der Waals surface area contributed by atoms with Crippen LogP contribution in [0.4, 0.5) is 11.4 Å². The molecule has 2 aliphatic heterocycles. The van der Waals surface area contributed by atoms with Gasteiger partial charge in [0.15, 0.2) is 0 Å². The predicted octanol–water partition coefficient (Wildman–Crippen LogP) is 4.64. The number of benzene rings is 2. The van der Waals surface area contributed by atoms with Crippen molar-refractivity contribution in [1.29, 1.82) is 0 Å². The van der Waals surface area contributed by atoms with E-state index in [4.69, 9.17) is 11.6 Å². The van der Waals surface area contributed by atoms with Crippen molar-refractivity contribution in [2.24, 2.45) is 0 Å². The van der Waals surface area contributed by atoms with E-state index in [0.717, 1.165) is 43.6 Å². The van der Waals surface area contributed by atoms with Crippen LogP contribution < -0.4 is 9.80 Å². The number of likely N-dealkylation sites (N-methyl/N-ethyl adjacent to an activating group) is 1. The van der Waals surface area contributed by atoms with Crippen molar-refractivity contribution >= 4 is 40.8 Å². The number of nitrogens with zero attached hydrogens (tertiary/aromatic N) is 3. The molecule has 2 heterocycles. The van der Waals surface area contributed by atoms with Crippen LogP contribution in [0.25, 0.3) is 6.08 Å². The van der Waals surface area contributed by atoms with Crippen LogP contribution in [0.5, 0.6) is 0 Å². The van der Waals surface area contributed by atoms with E-state index in [-0.39, 0.29) is 0 Å². The molecule has 136 valence electrons. The van der Waals surface area contributed by atoms with Gasteiger partial charge in [-0.1, -0.05) is 29.8 Å². The Morgan fingerprint density at radius 1 is 0.923 bits per heavy atom. The first-order chi connectivity index (χ1) is 12.7. The monoisotopic (exact) mass is 385 g/mol. The molecular weight excluding hydrogens is 362 g/mol. The quantitative estimate of drug-likeness (QED) is 0.760. The van der Waals surface area contributed by atoms with Gasteiger partial charge in [0.25, 0.3) is 0 Å². The van der Waals surface area contributed by atoms with E-state index in [0.29, 0.717) is 0 Å². The number of anilines is 2. The third-order valence-electron chi connectivity index (χ3n) is 5.04. The molecule has 0 bridgehead atoms. The Balaban J connectivity index is 1.51. The third kappa shape index (κ3) is 4.03. The zero-order valence-corrected chi connectivity index (χ0v) is 16.6. The van der Waals surface area contributed by atoms with E-state index in [2.05, 4.69) is 64.2 Å². The average Bonchev–Trinajstić information content (AvgIpc) is 3.12. The largest absolute Gasteiger partial charge is 0.368 e. The normalized spacial score (nSPS) is 20.2. The average molecular weight is 386 g/mol. The van der Waals surface area contributed by atoms with E-state index in [1.807, 2.05) is 23.9 Å². The molecule has 0 aromatic heterocycles. The van der Waals surface area contributed by atoms with Gasteiger partial charge in [-0.15, -0.1) is 11.8 Å². The number of hydrogen-bond donors (Lipinski definition) is 0. The second-order valence-electron chi connectivity index (χ2n) is 6.91. The van der Waals surface area contributed by atoms with Crippen LogP contribution in [0.1, 0.15) is 5.56 Å². The SMILES string of the molecule is CN1CCN(c2ccccc2C=C2CN(c3ccc(Cl)cc3)CS2)CC1. The minimum atomic E-state index is 0.789. The second kappa shape index (κ2) is 7.95. The van der Waals surface area contributed by atoms with Crippen molar-refractivity contribution in [3.05, 3.63) is 64.0 Å². The van der Waals surface area contributed by atoms with Crippen LogP contribution >= 0.6 is 23.4 Å². The highest BCUT2D eigenvalue weighted by atomic mass is 35.5. The van der Waals surface area contributed by atoms with Gasteiger partial charge in [-0.05, 0) is 49.0 Å². The Hall–Kier alpha value is -1.62. The maximum Gasteiger partial charge on any atom is 0.0687 e. The van der Waals surface area contributed by atoms with Gasteiger partial charge in [0, 0.05) is 54.0 Å². The lowest BCUT2D eigenvalue weighted by atomic mass is 10.1. The van der Waals surface area contributed by atoms with Crippen molar-refractivity contribution < 1.29 is 0 Å². The summed E-state index contributed by atoms with van der Waals surface area (Å²) in [6, 6.07) is 16.9. The molecule has 4 rings (SSSR count). The van der Waals surface area contributed by atoms with Crippen molar-refractivity contribution in [3.63, 3.8) is 0 Å². The Morgan fingerprint density at radius 2 is 1.65 bits per heavy atom. The first kappa shape index (κ1) is 17.8. The molecule has 2 fully saturated rings. The molecule has 2 aliphatic rings. The van der Waals surface area contributed by atoms with Crippen LogP contribution in [0.3, 0.4) is 0 Å². The summed E-state index contributed by atoms with van der Waals surface area (Å²) in [4.78, 5) is 8.73. The summed E-state index contributed by atoms with van der Waals surface area (Å²) in [7, 11) is 2.20. The molecule has 2 saturated heterocycles. The predicted molar refractivity (Wildman–Crippen MR) is 115 cm³/mol. The number of thioether (sulfide) groups is 1. The van der Waals surface area contributed by atoms with Gasteiger partial charge in [0.05, 0.1) is 5.88 Å². The van der Waals surface area contributed by atoms with Crippen LogP contribution in [-0.2, 0) is 0 Å². The lowest BCUT2D eigenvalue weighted by molar-refractivity contribution is 0.313. The first-order valence-electron chi connectivity index (χ1n) is 9.05. The van der Waals surface area contributed by atoms with Gasteiger partial charge < -0.3 is 14.7 Å². The van der Waals surface area contributed by atoms with Crippen molar-refractivity contribution in [1.82, 2.24) is 4.90 Å². The smallest absolute Gasteiger partial charge is 0.0687 e. The second-order valence-corrected chi connectivity index (χ2v) is 8.42. The van der Waals surface area contributed by atoms with E-state index in [1.165, 1.54) is 21.8 Å². The fourth-order valence-electron chi connectivity index (χ4n) is 3.46. The maximum atomic E-state index is 6.01. The van der Waals surface area contributed by atoms with Crippen LogP contribution in [0.15, 0.2) is 53.4 Å². The molecule has 26 heavy (non-hydrogen) atoms. The Bertz CT molecular complexity index is 782. The molecule has 0 aliphatic carbocycles. The van der Waals surface area contributed by atoms with E-state index in [1.54, 1.807) is 0 Å². The topological polar surface area (TPSA) is 9.72 Å². The van der Waals surface area contributed by atoms with Gasteiger partial charge in [-0.2, -0.15) is 0 Å². The number of para-hydroxylation sites is 1. The zero-order valence-electron chi connectivity index (χ0n) is 15.1. The van der Waals surface area contributed by atoms with Gasteiger partial charge >= 0.3 is 0 Å². The maximum absolute atomic E-state index is 6.01. The van der Waals surface area contributed by atoms with Crippen molar-refractivity contribution in [3.8, 4) is 0 Å². The molecule has 5 heteroatoms. The van der Waals surface area contributed by atoms with Crippen LogP contribution in [0.2, 0.25) is 5.02 Å². The molecule has 0 saturated carbocycles. The number of halogens is 1. The number of piperazine rings is 1. The van der Waals surface area contributed by atoms with Crippen molar-refractivity contribution in [2.75, 3.05) is 55.4 Å².